The van der Waals surface area contributed by atoms with E-state index in [-0.39, 0.29) is 24.0 Å². The molecule has 3 N–H and O–H groups in total. The van der Waals surface area contributed by atoms with E-state index >= 15 is 0 Å². The molecular weight excluding hydrogens is 320 g/mol. The molecule has 7 nitrogen and oxygen atoms in total. The van der Waals surface area contributed by atoms with Crippen LogP contribution in [0.3, 0.4) is 0 Å². The molecule has 7 heteroatoms. The first-order chi connectivity index (χ1) is 12.1. The third-order valence-electron chi connectivity index (χ3n) is 4.33. The number of hydrogen-bond donors (Lipinski definition) is 3. The van der Waals surface area contributed by atoms with Crippen LogP contribution in [0.5, 0.6) is 11.5 Å². The molecule has 1 aliphatic rings. The predicted octanol–water partition coefficient (Wildman–Crippen LogP) is 1.43. The first-order valence-electron chi connectivity index (χ1n) is 8.09. The smallest absolute Gasteiger partial charge is 0.270 e. The number of methoxy groups -OCH3 is 2. The topological polar surface area (TPSA) is 84.5 Å². The molecule has 2 aromatic rings. The van der Waals surface area contributed by atoms with Crippen molar-refractivity contribution >= 4 is 5.91 Å². The summed E-state index contributed by atoms with van der Waals surface area (Å²) in [5, 5.41) is 3.06. The highest BCUT2D eigenvalue weighted by Crippen LogP contribution is 2.32. The molecule has 3 rings (SSSR count). The minimum Gasteiger partial charge on any atom is -0.493 e. The SMILES string of the molecule is COc1ccc(C2NNC(C)C2NC(=O)c2ccccn2)cc1OC. The van der Waals surface area contributed by atoms with Crippen molar-refractivity contribution in [2.45, 2.75) is 25.0 Å². The van der Waals surface area contributed by atoms with E-state index < -0.39 is 0 Å². The molecule has 1 amide bonds. The number of hydrogen-bond acceptors (Lipinski definition) is 6. The molecule has 0 bridgehead atoms. The standard InChI is InChI=1S/C18H22N4O3/c1-11-16(20-18(23)13-6-4-5-9-19-13)17(22-21-11)12-7-8-14(24-2)15(10-12)25-3/h4-11,16-17,21-22H,1-3H3,(H,20,23). The van der Waals surface area contributed by atoms with Crippen LogP contribution >= 0.6 is 0 Å². The van der Waals surface area contributed by atoms with Gasteiger partial charge in [0.05, 0.1) is 26.3 Å². The highest BCUT2D eigenvalue weighted by atomic mass is 16.5. The molecule has 1 aromatic heterocycles. The second-order valence-corrected chi connectivity index (χ2v) is 5.88. The summed E-state index contributed by atoms with van der Waals surface area (Å²) in [6.07, 6.45) is 1.61. The molecule has 132 valence electrons. The zero-order valence-electron chi connectivity index (χ0n) is 14.4. The number of carbonyl (C=O) groups excluding carboxylic acids is 1. The number of aromatic nitrogens is 1. The molecule has 1 aromatic carbocycles. The summed E-state index contributed by atoms with van der Waals surface area (Å²) in [7, 11) is 3.20. The Morgan fingerprint density at radius 2 is 1.92 bits per heavy atom. The largest absolute Gasteiger partial charge is 0.493 e. The monoisotopic (exact) mass is 342 g/mol. The lowest BCUT2D eigenvalue weighted by atomic mass is 9.96. The summed E-state index contributed by atoms with van der Waals surface area (Å²) in [5.74, 6) is 1.11. The molecule has 0 saturated carbocycles. The van der Waals surface area contributed by atoms with Crippen molar-refractivity contribution in [3.63, 3.8) is 0 Å². The average Bonchev–Trinajstić information content (AvgIpc) is 3.02. The maximum atomic E-state index is 12.5. The molecule has 1 saturated heterocycles. The molecule has 2 heterocycles. The van der Waals surface area contributed by atoms with Crippen molar-refractivity contribution in [2.75, 3.05) is 14.2 Å². The number of amides is 1. The third-order valence-corrected chi connectivity index (χ3v) is 4.33. The fourth-order valence-electron chi connectivity index (χ4n) is 2.96. The second-order valence-electron chi connectivity index (χ2n) is 5.88. The van der Waals surface area contributed by atoms with E-state index in [1.807, 2.05) is 25.1 Å². The van der Waals surface area contributed by atoms with Gasteiger partial charge in [-0.3, -0.25) is 15.2 Å². The first kappa shape index (κ1) is 17.2. The molecule has 3 atom stereocenters. The number of rotatable bonds is 5. The number of ether oxygens (including phenoxy) is 2. The van der Waals surface area contributed by atoms with Crippen LogP contribution < -0.4 is 25.6 Å². The van der Waals surface area contributed by atoms with Crippen LogP contribution in [-0.4, -0.2) is 37.2 Å². The van der Waals surface area contributed by atoms with Crippen LogP contribution in [0.4, 0.5) is 0 Å². The van der Waals surface area contributed by atoms with Gasteiger partial charge in [0, 0.05) is 12.2 Å². The lowest BCUT2D eigenvalue weighted by Gasteiger charge is -2.23. The van der Waals surface area contributed by atoms with Crippen LogP contribution in [-0.2, 0) is 0 Å². The van der Waals surface area contributed by atoms with Gasteiger partial charge >= 0.3 is 0 Å². The first-order valence-corrected chi connectivity index (χ1v) is 8.09. The van der Waals surface area contributed by atoms with Crippen molar-refractivity contribution in [3.05, 3.63) is 53.9 Å². The third kappa shape index (κ3) is 3.57. The van der Waals surface area contributed by atoms with E-state index in [1.165, 1.54) is 0 Å². The van der Waals surface area contributed by atoms with Gasteiger partial charge in [0.2, 0.25) is 0 Å². The van der Waals surface area contributed by atoms with Crippen molar-refractivity contribution < 1.29 is 14.3 Å². The van der Waals surface area contributed by atoms with Crippen LogP contribution in [0.2, 0.25) is 0 Å². The summed E-state index contributed by atoms with van der Waals surface area (Å²) in [6, 6.07) is 10.8. The normalized spacial score (nSPS) is 22.4. The molecule has 0 spiro atoms. The Hall–Kier alpha value is -2.64. The summed E-state index contributed by atoms with van der Waals surface area (Å²) in [6.45, 7) is 2.01. The van der Waals surface area contributed by atoms with E-state index in [2.05, 4.69) is 21.2 Å². The lowest BCUT2D eigenvalue weighted by Crippen LogP contribution is -2.44. The second kappa shape index (κ2) is 7.50. The van der Waals surface area contributed by atoms with Gasteiger partial charge in [-0.25, -0.2) is 5.43 Å². The van der Waals surface area contributed by atoms with Gasteiger partial charge in [0.1, 0.15) is 5.69 Å². The van der Waals surface area contributed by atoms with Crippen LogP contribution in [0, 0.1) is 0 Å². The molecule has 3 unspecified atom stereocenters. The molecule has 1 fully saturated rings. The number of hydrazine groups is 1. The van der Waals surface area contributed by atoms with Crippen LogP contribution in [0.25, 0.3) is 0 Å². The highest BCUT2D eigenvalue weighted by molar-refractivity contribution is 5.92. The van der Waals surface area contributed by atoms with E-state index in [0.717, 1.165) is 5.56 Å². The van der Waals surface area contributed by atoms with E-state index in [4.69, 9.17) is 9.47 Å². The fourth-order valence-corrected chi connectivity index (χ4v) is 2.96. The predicted molar refractivity (Wildman–Crippen MR) is 93.5 cm³/mol. The Morgan fingerprint density at radius 1 is 1.12 bits per heavy atom. The summed E-state index contributed by atoms with van der Waals surface area (Å²) < 4.78 is 10.7. The lowest BCUT2D eigenvalue weighted by molar-refractivity contribution is 0.0925. The van der Waals surface area contributed by atoms with Crippen molar-refractivity contribution in [1.82, 2.24) is 21.2 Å². The molecule has 1 aliphatic heterocycles. The quantitative estimate of drug-likeness (QED) is 0.762. The minimum absolute atomic E-state index is 0.0470. The van der Waals surface area contributed by atoms with Gasteiger partial charge in [-0.1, -0.05) is 12.1 Å². The van der Waals surface area contributed by atoms with Crippen LogP contribution in [0.15, 0.2) is 42.6 Å². The Labute approximate surface area is 146 Å². The van der Waals surface area contributed by atoms with Gasteiger partial charge < -0.3 is 14.8 Å². The summed E-state index contributed by atoms with van der Waals surface area (Å²) in [5.41, 5.74) is 7.80. The Kier molecular flexibility index (Phi) is 5.16. The molecule has 25 heavy (non-hydrogen) atoms. The Bertz CT molecular complexity index is 738. The maximum absolute atomic E-state index is 12.5. The average molecular weight is 342 g/mol. The van der Waals surface area contributed by atoms with Crippen molar-refractivity contribution in [3.8, 4) is 11.5 Å². The van der Waals surface area contributed by atoms with Gasteiger partial charge in [-0.05, 0) is 36.8 Å². The number of carbonyl (C=O) groups is 1. The molecule has 0 radical (unpaired) electrons. The maximum Gasteiger partial charge on any atom is 0.270 e. The highest BCUT2D eigenvalue weighted by Gasteiger charge is 2.36. The molecular formula is C18H22N4O3. The van der Waals surface area contributed by atoms with Gasteiger partial charge in [-0.15, -0.1) is 0 Å². The molecule has 0 aliphatic carbocycles. The van der Waals surface area contributed by atoms with Gasteiger partial charge in [0.15, 0.2) is 11.5 Å². The summed E-state index contributed by atoms with van der Waals surface area (Å²) >= 11 is 0. The van der Waals surface area contributed by atoms with Crippen molar-refractivity contribution in [2.24, 2.45) is 0 Å². The van der Waals surface area contributed by atoms with E-state index in [9.17, 15) is 4.79 Å². The van der Waals surface area contributed by atoms with Crippen LogP contribution in [0.1, 0.15) is 29.0 Å². The zero-order chi connectivity index (χ0) is 17.8. The summed E-state index contributed by atoms with van der Waals surface area (Å²) in [4.78, 5) is 16.6. The van der Waals surface area contributed by atoms with E-state index in [1.54, 1.807) is 38.6 Å². The minimum atomic E-state index is -0.201. The van der Waals surface area contributed by atoms with Gasteiger partial charge in [-0.2, -0.15) is 0 Å². The zero-order valence-corrected chi connectivity index (χ0v) is 14.4. The van der Waals surface area contributed by atoms with Gasteiger partial charge in [0.25, 0.3) is 5.91 Å². The fraction of sp³-hybridized carbons (Fsp3) is 0.333. The van der Waals surface area contributed by atoms with E-state index in [0.29, 0.717) is 17.2 Å². The number of benzene rings is 1. The number of pyridine rings is 1. The Balaban J connectivity index is 1.82. The van der Waals surface area contributed by atoms with Crippen molar-refractivity contribution in [1.29, 1.82) is 0 Å². The number of nitrogens with one attached hydrogen (secondary N) is 3. The Morgan fingerprint density at radius 3 is 2.60 bits per heavy atom. The number of nitrogens with zero attached hydrogens (tertiary/aromatic N) is 1.